The summed E-state index contributed by atoms with van der Waals surface area (Å²) in [7, 11) is 3.55. The summed E-state index contributed by atoms with van der Waals surface area (Å²) >= 11 is 0. The zero-order valence-electron chi connectivity index (χ0n) is 20.5. The van der Waals surface area contributed by atoms with Crippen molar-refractivity contribution in [2.45, 2.75) is 89.4 Å². The van der Waals surface area contributed by atoms with Gasteiger partial charge in [0, 0.05) is 45.1 Å². The van der Waals surface area contributed by atoms with Crippen LogP contribution < -0.4 is 20.9 Å². The Morgan fingerprint density at radius 3 is 2.47 bits per heavy atom. The molecule has 4 rings (SSSR count). The lowest BCUT2D eigenvalue weighted by molar-refractivity contribution is -0.118. The number of amides is 3. The van der Waals surface area contributed by atoms with Gasteiger partial charge in [0.1, 0.15) is 11.7 Å². The minimum atomic E-state index is -2.60. The summed E-state index contributed by atoms with van der Waals surface area (Å²) in [5, 5.41) is 9.29. The highest BCUT2D eigenvalue weighted by Gasteiger charge is 2.39. The lowest BCUT2D eigenvalue weighted by Crippen LogP contribution is -2.55. The van der Waals surface area contributed by atoms with E-state index < -0.39 is 5.92 Å². The van der Waals surface area contributed by atoms with Crippen molar-refractivity contribution in [3.8, 4) is 0 Å². The molecule has 1 unspecified atom stereocenters. The van der Waals surface area contributed by atoms with Crippen molar-refractivity contribution in [2.24, 2.45) is 5.92 Å². The molecule has 9 nitrogen and oxygen atoms in total. The van der Waals surface area contributed by atoms with Crippen LogP contribution >= 0.6 is 0 Å². The van der Waals surface area contributed by atoms with Crippen LogP contribution in [0.3, 0.4) is 0 Å². The summed E-state index contributed by atoms with van der Waals surface area (Å²) < 4.78 is 26.8. The number of rotatable bonds is 5. The zero-order chi connectivity index (χ0) is 24.8. The molecule has 3 aliphatic rings. The Balaban J connectivity index is 1.30. The van der Waals surface area contributed by atoms with Crippen LogP contribution in [-0.2, 0) is 4.79 Å². The number of aryl methyl sites for hydroxylation is 1. The molecule has 1 atom stereocenters. The first-order valence-electron chi connectivity index (χ1n) is 12.0. The van der Waals surface area contributed by atoms with E-state index in [4.69, 9.17) is 0 Å². The van der Waals surface area contributed by atoms with E-state index in [1.54, 1.807) is 11.9 Å². The largest absolute Gasteiger partial charge is 0.351 e. The summed E-state index contributed by atoms with van der Waals surface area (Å²) in [4.78, 5) is 37.7. The number of urea groups is 1. The number of likely N-dealkylation sites (N-methyl/N-ethyl adjacent to an activating group) is 1. The number of nitrogens with zero attached hydrogens (tertiary/aromatic N) is 4. The molecular weight excluding hydrogens is 444 g/mol. The van der Waals surface area contributed by atoms with Gasteiger partial charge in [0.05, 0.1) is 5.69 Å². The number of halogens is 2. The maximum absolute atomic E-state index is 13.4. The van der Waals surface area contributed by atoms with Gasteiger partial charge < -0.3 is 25.8 Å². The van der Waals surface area contributed by atoms with Crippen molar-refractivity contribution >= 4 is 29.4 Å². The number of alkyl halides is 2. The summed E-state index contributed by atoms with van der Waals surface area (Å²) in [5.74, 6) is -1.34. The number of carbonyl (C=O) groups is 2. The van der Waals surface area contributed by atoms with Gasteiger partial charge in [0.2, 0.25) is 17.8 Å². The molecule has 2 aliphatic carbocycles. The van der Waals surface area contributed by atoms with Gasteiger partial charge >= 0.3 is 6.03 Å². The third-order valence-electron chi connectivity index (χ3n) is 7.32. The average molecular weight is 480 g/mol. The first kappa shape index (κ1) is 24.4. The minimum Gasteiger partial charge on any atom is -0.351 e. The SMILES string of the molecule is Cc1nc(N[C@H]2C[C@H](NC(=O)N(C)C3CCC(F)(F)CC3)C2)nc2c1NC(=O)C(C(C)C)N2C. The summed E-state index contributed by atoms with van der Waals surface area (Å²) in [6.45, 7) is 5.85. The Morgan fingerprint density at radius 1 is 1.21 bits per heavy atom. The lowest BCUT2D eigenvalue weighted by Gasteiger charge is -2.40. The van der Waals surface area contributed by atoms with Gasteiger partial charge in [-0.2, -0.15) is 4.98 Å². The molecule has 3 N–H and O–H groups in total. The molecule has 2 saturated carbocycles. The van der Waals surface area contributed by atoms with Crippen molar-refractivity contribution in [2.75, 3.05) is 29.6 Å². The van der Waals surface area contributed by atoms with E-state index in [1.165, 1.54) is 0 Å². The van der Waals surface area contributed by atoms with E-state index in [2.05, 4.69) is 25.9 Å². The standard InChI is InChI=1S/C23H35F2N7O2/c1-12(2)18-20(33)29-17-13(3)26-21(30-19(17)32(18)5)27-14-10-15(11-14)28-22(34)31(4)16-6-8-23(24,25)9-7-16/h12,14-16,18H,6-11H2,1-5H3,(H,28,34)(H,29,33)(H,26,27,30)/t14-,15-,18?. The fraction of sp³-hybridized carbons (Fsp3) is 0.739. The van der Waals surface area contributed by atoms with E-state index in [9.17, 15) is 18.4 Å². The van der Waals surface area contributed by atoms with Crippen molar-refractivity contribution in [1.29, 1.82) is 0 Å². The molecule has 34 heavy (non-hydrogen) atoms. The topological polar surface area (TPSA) is 102 Å². The summed E-state index contributed by atoms with van der Waals surface area (Å²) in [6.07, 6.45) is 1.77. The van der Waals surface area contributed by atoms with E-state index in [1.807, 2.05) is 32.7 Å². The number of anilines is 3. The van der Waals surface area contributed by atoms with Gasteiger partial charge in [-0.05, 0) is 38.5 Å². The molecule has 0 aromatic carbocycles. The third kappa shape index (κ3) is 4.88. The van der Waals surface area contributed by atoms with Gasteiger partial charge in [0.25, 0.3) is 0 Å². The molecular formula is C23H35F2N7O2. The third-order valence-corrected chi connectivity index (χ3v) is 7.32. The lowest BCUT2D eigenvalue weighted by atomic mass is 9.87. The predicted octanol–water partition coefficient (Wildman–Crippen LogP) is 3.36. The Hall–Kier alpha value is -2.72. The van der Waals surface area contributed by atoms with Gasteiger partial charge in [-0.3, -0.25) is 4.79 Å². The number of hydrogen-bond acceptors (Lipinski definition) is 6. The molecule has 0 bridgehead atoms. The number of aromatic nitrogens is 2. The number of fused-ring (bicyclic) bond motifs is 1. The fourth-order valence-electron chi connectivity index (χ4n) is 5.17. The molecule has 2 fully saturated rings. The number of nitrogens with one attached hydrogen (secondary N) is 3. The van der Waals surface area contributed by atoms with Gasteiger partial charge in [0.15, 0.2) is 5.82 Å². The highest BCUT2D eigenvalue weighted by molar-refractivity contribution is 6.03. The van der Waals surface area contributed by atoms with Crippen molar-refractivity contribution in [3.63, 3.8) is 0 Å². The van der Waals surface area contributed by atoms with E-state index >= 15 is 0 Å². The van der Waals surface area contributed by atoms with Gasteiger partial charge in [-0.1, -0.05) is 13.8 Å². The van der Waals surface area contributed by atoms with E-state index in [0.717, 1.165) is 12.8 Å². The normalized spacial score (nSPS) is 26.4. The number of carbonyl (C=O) groups excluding carboxylic acids is 2. The molecule has 1 aliphatic heterocycles. The van der Waals surface area contributed by atoms with Crippen LogP contribution in [0.4, 0.5) is 31.0 Å². The molecule has 0 radical (unpaired) electrons. The minimum absolute atomic E-state index is 0.0171. The number of hydrogen-bond donors (Lipinski definition) is 3. The van der Waals surface area contributed by atoms with Gasteiger partial charge in [-0.15, -0.1) is 0 Å². The van der Waals surface area contributed by atoms with Gasteiger partial charge in [-0.25, -0.2) is 18.6 Å². The smallest absolute Gasteiger partial charge is 0.317 e. The van der Waals surface area contributed by atoms with Crippen LogP contribution in [0.5, 0.6) is 0 Å². The van der Waals surface area contributed by atoms with Crippen molar-refractivity contribution < 1.29 is 18.4 Å². The quantitative estimate of drug-likeness (QED) is 0.599. The molecule has 1 aromatic heterocycles. The zero-order valence-corrected chi connectivity index (χ0v) is 20.5. The second-order valence-corrected chi connectivity index (χ2v) is 10.3. The highest BCUT2D eigenvalue weighted by Crippen LogP contribution is 2.36. The maximum Gasteiger partial charge on any atom is 0.317 e. The Morgan fingerprint density at radius 2 is 1.85 bits per heavy atom. The van der Waals surface area contributed by atoms with Crippen LogP contribution in [0.2, 0.25) is 0 Å². The molecule has 188 valence electrons. The molecule has 3 amide bonds. The second kappa shape index (κ2) is 9.14. The van der Waals surface area contributed by atoms with Crippen LogP contribution in [0.25, 0.3) is 0 Å². The first-order chi connectivity index (χ1) is 15.9. The monoisotopic (exact) mass is 479 g/mol. The summed E-state index contributed by atoms with van der Waals surface area (Å²) in [5.41, 5.74) is 1.33. The predicted molar refractivity (Wildman–Crippen MR) is 126 cm³/mol. The van der Waals surface area contributed by atoms with Crippen LogP contribution in [-0.4, -0.2) is 71.0 Å². The summed E-state index contributed by atoms with van der Waals surface area (Å²) in [6, 6.07) is -0.524. The average Bonchev–Trinajstić information content (AvgIpc) is 2.72. The molecule has 0 saturated heterocycles. The molecule has 0 spiro atoms. The Kier molecular flexibility index (Phi) is 6.56. The Labute approximate surface area is 199 Å². The van der Waals surface area contributed by atoms with Crippen LogP contribution in [0.15, 0.2) is 0 Å². The van der Waals surface area contributed by atoms with Crippen LogP contribution in [0.1, 0.15) is 58.1 Å². The first-order valence-corrected chi connectivity index (χ1v) is 12.0. The molecule has 1 aromatic rings. The maximum atomic E-state index is 13.4. The molecule has 11 heteroatoms. The van der Waals surface area contributed by atoms with Crippen molar-refractivity contribution in [3.05, 3.63) is 5.69 Å². The Bertz CT molecular complexity index is 941. The second-order valence-electron chi connectivity index (χ2n) is 10.3. The van der Waals surface area contributed by atoms with Crippen LogP contribution in [0, 0.1) is 12.8 Å². The van der Waals surface area contributed by atoms with E-state index in [0.29, 0.717) is 36.0 Å². The van der Waals surface area contributed by atoms with E-state index in [-0.39, 0.29) is 54.9 Å². The highest BCUT2D eigenvalue weighted by atomic mass is 19.3. The fourth-order valence-corrected chi connectivity index (χ4v) is 5.17. The van der Waals surface area contributed by atoms with Crippen molar-refractivity contribution in [1.82, 2.24) is 20.2 Å². The molecule has 2 heterocycles.